The Morgan fingerprint density at radius 3 is 2.68 bits per heavy atom. The van der Waals surface area contributed by atoms with E-state index in [1.54, 1.807) is 6.33 Å². The van der Waals surface area contributed by atoms with Gasteiger partial charge in [-0.1, -0.05) is 0 Å². The van der Waals surface area contributed by atoms with Gasteiger partial charge in [-0.05, 0) is 14.1 Å². The van der Waals surface area contributed by atoms with E-state index >= 15 is 0 Å². The first-order valence-corrected chi connectivity index (χ1v) is 6.82. The molecule has 0 amide bonds. The Kier molecular flexibility index (Phi) is 4.93. The third-order valence-electron chi connectivity index (χ3n) is 3.55. The van der Waals surface area contributed by atoms with E-state index in [0.29, 0.717) is 0 Å². The van der Waals surface area contributed by atoms with Gasteiger partial charge in [-0.15, -0.1) is 0 Å². The molecular weight excluding hydrogens is 240 g/mol. The third-order valence-corrected chi connectivity index (χ3v) is 3.55. The number of nitrogens with zero attached hydrogens (tertiary/aromatic N) is 5. The summed E-state index contributed by atoms with van der Waals surface area (Å²) in [5.41, 5.74) is 0. The van der Waals surface area contributed by atoms with Crippen molar-refractivity contribution in [2.75, 3.05) is 70.2 Å². The molecule has 19 heavy (non-hydrogen) atoms. The van der Waals surface area contributed by atoms with E-state index < -0.39 is 0 Å². The molecule has 106 valence electrons. The molecule has 0 saturated carbocycles. The van der Waals surface area contributed by atoms with Crippen molar-refractivity contribution in [2.24, 2.45) is 0 Å². The fraction of sp³-hybridized carbons (Fsp3) is 0.692. The first-order valence-electron chi connectivity index (χ1n) is 6.82. The van der Waals surface area contributed by atoms with Gasteiger partial charge < -0.3 is 20.0 Å². The molecule has 0 spiro atoms. The summed E-state index contributed by atoms with van der Waals surface area (Å²) in [4.78, 5) is 15.6. The van der Waals surface area contributed by atoms with Crippen molar-refractivity contribution in [1.82, 2.24) is 20.2 Å². The highest BCUT2D eigenvalue weighted by molar-refractivity contribution is 5.50. The Balaban J connectivity index is 2.02. The van der Waals surface area contributed by atoms with E-state index in [1.165, 1.54) is 0 Å². The molecule has 6 nitrogen and oxygen atoms in total. The van der Waals surface area contributed by atoms with Crippen LogP contribution in [-0.4, -0.2) is 75.3 Å². The van der Waals surface area contributed by atoms with Gasteiger partial charge in [-0.25, -0.2) is 9.97 Å². The Morgan fingerprint density at radius 1 is 1.26 bits per heavy atom. The second-order valence-electron chi connectivity index (χ2n) is 5.05. The molecule has 2 rings (SSSR count). The molecule has 0 bridgehead atoms. The van der Waals surface area contributed by atoms with Crippen LogP contribution in [0.25, 0.3) is 0 Å². The smallest absolute Gasteiger partial charge is 0.134 e. The van der Waals surface area contributed by atoms with Crippen LogP contribution in [0, 0.1) is 0 Å². The molecule has 1 fully saturated rings. The van der Waals surface area contributed by atoms with Crippen LogP contribution >= 0.6 is 0 Å². The number of hydrogen-bond acceptors (Lipinski definition) is 6. The largest absolute Gasteiger partial charge is 0.358 e. The van der Waals surface area contributed by atoms with E-state index in [9.17, 15) is 0 Å². The summed E-state index contributed by atoms with van der Waals surface area (Å²) in [5, 5.41) is 3.15. The van der Waals surface area contributed by atoms with Crippen molar-refractivity contribution in [3.05, 3.63) is 12.4 Å². The molecule has 6 heteroatoms. The Labute approximate surface area is 115 Å². The van der Waals surface area contributed by atoms with E-state index in [-0.39, 0.29) is 0 Å². The van der Waals surface area contributed by atoms with Crippen LogP contribution in [0.3, 0.4) is 0 Å². The number of likely N-dealkylation sites (N-methyl/N-ethyl adjacent to an activating group) is 3. The van der Waals surface area contributed by atoms with E-state index in [2.05, 4.69) is 50.1 Å². The van der Waals surface area contributed by atoms with Crippen LogP contribution in [0.2, 0.25) is 0 Å². The summed E-state index contributed by atoms with van der Waals surface area (Å²) >= 11 is 0. The van der Waals surface area contributed by atoms with Gasteiger partial charge in [0.25, 0.3) is 0 Å². The standard InChI is InChI=1S/C13H24N6/c1-14-4-5-18(3)12-10-13(16-11-15-12)19-8-6-17(2)7-9-19/h10-11,14H,4-9H2,1-3H3. The second kappa shape index (κ2) is 6.68. The van der Waals surface area contributed by atoms with Gasteiger partial charge in [0.2, 0.25) is 0 Å². The minimum Gasteiger partial charge on any atom is -0.358 e. The number of hydrogen-bond donors (Lipinski definition) is 1. The van der Waals surface area contributed by atoms with Crippen molar-refractivity contribution >= 4 is 11.6 Å². The fourth-order valence-electron chi connectivity index (χ4n) is 2.15. The molecule has 1 aliphatic heterocycles. The minimum absolute atomic E-state index is 0.940. The first kappa shape index (κ1) is 14.0. The maximum atomic E-state index is 4.40. The maximum Gasteiger partial charge on any atom is 0.134 e. The van der Waals surface area contributed by atoms with Gasteiger partial charge in [-0.3, -0.25) is 0 Å². The van der Waals surface area contributed by atoms with Crippen LogP contribution < -0.4 is 15.1 Å². The van der Waals surface area contributed by atoms with E-state index in [1.807, 2.05) is 7.05 Å². The normalized spacial score (nSPS) is 16.7. The predicted octanol–water partition coefficient (Wildman–Crippen LogP) is -0.116. The molecule has 1 aromatic heterocycles. The molecule has 1 aliphatic rings. The average Bonchev–Trinajstić information content (AvgIpc) is 2.45. The molecule has 0 aromatic carbocycles. The lowest BCUT2D eigenvalue weighted by Gasteiger charge is -2.33. The lowest BCUT2D eigenvalue weighted by atomic mass is 10.3. The quantitative estimate of drug-likeness (QED) is 0.800. The van der Waals surface area contributed by atoms with Crippen LogP contribution in [-0.2, 0) is 0 Å². The van der Waals surface area contributed by atoms with E-state index in [0.717, 1.165) is 50.9 Å². The fourth-order valence-corrected chi connectivity index (χ4v) is 2.15. The van der Waals surface area contributed by atoms with Gasteiger partial charge in [0, 0.05) is 52.4 Å². The van der Waals surface area contributed by atoms with Crippen molar-refractivity contribution < 1.29 is 0 Å². The lowest BCUT2D eigenvalue weighted by Crippen LogP contribution is -2.44. The summed E-state index contributed by atoms with van der Waals surface area (Å²) in [6.07, 6.45) is 1.67. The minimum atomic E-state index is 0.940. The highest BCUT2D eigenvalue weighted by atomic mass is 15.3. The summed E-state index contributed by atoms with van der Waals surface area (Å²) in [7, 11) is 6.19. The predicted molar refractivity (Wildman–Crippen MR) is 78.9 cm³/mol. The average molecular weight is 264 g/mol. The molecule has 0 atom stereocenters. The summed E-state index contributed by atoms with van der Waals surface area (Å²) in [6, 6.07) is 2.08. The third kappa shape index (κ3) is 3.78. The van der Waals surface area contributed by atoms with Crippen LogP contribution in [0.5, 0.6) is 0 Å². The molecular formula is C13H24N6. The van der Waals surface area contributed by atoms with Crippen LogP contribution in [0.4, 0.5) is 11.6 Å². The number of anilines is 2. The van der Waals surface area contributed by atoms with Gasteiger partial charge >= 0.3 is 0 Å². The zero-order chi connectivity index (χ0) is 13.7. The molecule has 0 unspecified atom stereocenters. The van der Waals surface area contributed by atoms with Crippen molar-refractivity contribution in [3.8, 4) is 0 Å². The Hall–Kier alpha value is -1.40. The topological polar surface area (TPSA) is 47.5 Å². The van der Waals surface area contributed by atoms with Gasteiger partial charge in [0.15, 0.2) is 0 Å². The molecule has 0 radical (unpaired) electrons. The van der Waals surface area contributed by atoms with Gasteiger partial charge in [0.1, 0.15) is 18.0 Å². The second-order valence-corrected chi connectivity index (χ2v) is 5.05. The van der Waals surface area contributed by atoms with Crippen molar-refractivity contribution in [2.45, 2.75) is 0 Å². The first-order chi connectivity index (χ1) is 9.20. The summed E-state index contributed by atoms with van der Waals surface area (Å²) < 4.78 is 0. The highest BCUT2D eigenvalue weighted by Crippen LogP contribution is 2.17. The monoisotopic (exact) mass is 264 g/mol. The summed E-state index contributed by atoms with van der Waals surface area (Å²) in [5.74, 6) is 2.02. The molecule has 1 saturated heterocycles. The van der Waals surface area contributed by atoms with E-state index in [4.69, 9.17) is 0 Å². The number of piperazine rings is 1. The van der Waals surface area contributed by atoms with Crippen molar-refractivity contribution in [1.29, 1.82) is 0 Å². The lowest BCUT2D eigenvalue weighted by molar-refractivity contribution is 0.312. The SMILES string of the molecule is CNCCN(C)c1cc(N2CCN(C)CC2)ncn1. The van der Waals surface area contributed by atoms with Crippen LogP contribution in [0.1, 0.15) is 0 Å². The van der Waals surface area contributed by atoms with Gasteiger partial charge in [0.05, 0.1) is 0 Å². The number of aromatic nitrogens is 2. The zero-order valence-electron chi connectivity index (χ0n) is 12.1. The van der Waals surface area contributed by atoms with Crippen molar-refractivity contribution in [3.63, 3.8) is 0 Å². The summed E-state index contributed by atoms with van der Waals surface area (Å²) in [6.45, 7) is 6.14. The maximum absolute atomic E-state index is 4.40. The number of nitrogens with one attached hydrogen (secondary N) is 1. The Morgan fingerprint density at radius 2 is 2.00 bits per heavy atom. The molecule has 0 aliphatic carbocycles. The molecule has 2 heterocycles. The molecule has 1 aromatic rings. The highest BCUT2D eigenvalue weighted by Gasteiger charge is 2.16. The zero-order valence-corrected chi connectivity index (χ0v) is 12.1. The van der Waals surface area contributed by atoms with Gasteiger partial charge in [-0.2, -0.15) is 0 Å². The molecule has 1 N–H and O–H groups in total. The van der Waals surface area contributed by atoms with Crippen LogP contribution in [0.15, 0.2) is 12.4 Å². The number of rotatable bonds is 5. The Bertz CT molecular complexity index is 388.